The Labute approximate surface area is 58.2 Å². The molecule has 0 saturated carbocycles. The summed E-state index contributed by atoms with van der Waals surface area (Å²) in [4.78, 5) is 14.6. The van der Waals surface area contributed by atoms with Crippen LogP contribution in [0.15, 0.2) is 24.8 Å². The number of allylic oxidation sites excluding steroid dienone is 1. The predicted octanol–water partition coefficient (Wildman–Crippen LogP) is 0.494. The summed E-state index contributed by atoms with van der Waals surface area (Å²) in [6, 6.07) is 0. The Kier molecular flexibility index (Phi) is 1.62. The van der Waals surface area contributed by atoms with Gasteiger partial charge in [-0.25, -0.2) is 4.98 Å². The highest BCUT2D eigenvalue weighted by Crippen LogP contribution is 1.91. The largest absolute Gasteiger partial charge is 0.274 e. The Morgan fingerprint density at radius 3 is 2.80 bits per heavy atom. The van der Waals surface area contributed by atoms with Gasteiger partial charge in [0.2, 0.25) is 0 Å². The minimum absolute atomic E-state index is 0.225. The maximum atomic E-state index is 11.0. The van der Waals surface area contributed by atoms with E-state index in [0.717, 1.165) is 4.68 Å². The van der Waals surface area contributed by atoms with Crippen LogP contribution >= 0.6 is 0 Å². The van der Waals surface area contributed by atoms with E-state index in [0.29, 0.717) is 5.57 Å². The van der Waals surface area contributed by atoms with Crippen molar-refractivity contribution in [2.24, 2.45) is 0 Å². The first kappa shape index (κ1) is 6.67. The zero-order valence-electron chi connectivity index (χ0n) is 5.61. The molecule has 10 heavy (non-hydrogen) atoms. The van der Waals surface area contributed by atoms with Crippen LogP contribution in [0, 0.1) is 0 Å². The molecule has 4 nitrogen and oxygen atoms in total. The maximum absolute atomic E-state index is 11.0. The number of hydrogen-bond donors (Lipinski definition) is 0. The summed E-state index contributed by atoms with van der Waals surface area (Å²) in [5.74, 6) is -0.225. The molecular formula is C6H7N3O. The molecule has 0 unspecified atom stereocenters. The summed E-state index contributed by atoms with van der Waals surface area (Å²) in [5, 5.41) is 3.63. The van der Waals surface area contributed by atoms with Gasteiger partial charge in [0.25, 0.3) is 5.91 Å². The molecule has 0 atom stereocenters. The van der Waals surface area contributed by atoms with Crippen molar-refractivity contribution >= 4 is 5.91 Å². The second-order valence-electron chi connectivity index (χ2n) is 1.93. The first-order valence-electron chi connectivity index (χ1n) is 2.76. The summed E-state index contributed by atoms with van der Waals surface area (Å²) in [6.07, 6.45) is 2.65. The highest BCUT2D eigenvalue weighted by molar-refractivity contribution is 5.93. The van der Waals surface area contributed by atoms with Crippen molar-refractivity contribution in [3.8, 4) is 0 Å². The van der Waals surface area contributed by atoms with Crippen LogP contribution in [0.4, 0.5) is 0 Å². The van der Waals surface area contributed by atoms with Gasteiger partial charge in [0.1, 0.15) is 12.7 Å². The molecule has 1 rings (SSSR count). The van der Waals surface area contributed by atoms with Crippen molar-refractivity contribution in [3.63, 3.8) is 0 Å². The van der Waals surface area contributed by atoms with E-state index in [1.54, 1.807) is 6.92 Å². The zero-order valence-corrected chi connectivity index (χ0v) is 5.61. The normalized spacial score (nSPS) is 9.30. The Balaban J connectivity index is 2.88. The molecule has 0 bridgehead atoms. The zero-order chi connectivity index (χ0) is 7.56. The third-order valence-corrected chi connectivity index (χ3v) is 0.992. The lowest BCUT2D eigenvalue weighted by molar-refractivity contribution is 0.0940. The van der Waals surface area contributed by atoms with Crippen LogP contribution < -0.4 is 0 Å². The topological polar surface area (TPSA) is 47.8 Å². The van der Waals surface area contributed by atoms with Gasteiger partial charge in [-0.3, -0.25) is 4.79 Å². The maximum Gasteiger partial charge on any atom is 0.274 e. The van der Waals surface area contributed by atoms with Gasteiger partial charge in [-0.15, -0.1) is 0 Å². The van der Waals surface area contributed by atoms with Gasteiger partial charge in [0, 0.05) is 5.57 Å². The first-order chi connectivity index (χ1) is 4.72. The molecule has 4 heteroatoms. The molecule has 0 aliphatic rings. The molecule has 0 aromatic carbocycles. The van der Waals surface area contributed by atoms with Crippen LogP contribution in [0.2, 0.25) is 0 Å². The van der Waals surface area contributed by atoms with Gasteiger partial charge < -0.3 is 0 Å². The monoisotopic (exact) mass is 137 g/mol. The van der Waals surface area contributed by atoms with Crippen LogP contribution in [0.25, 0.3) is 0 Å². The number of carbonyl (C=O) groups excluding carboxylic acids is 1. The second-order valence-corrected chi connectivity index (χ2v) is 1.93. The van der Waals surface area contributed by atoms with E-state index in [2.05, 4.69) is 16.7 Å². The molecule has 1 aromatic heterocycles. The smallest absolute Gasteiger partial charge is 0.267 e. The van der Waals surface area contributed by atoms with E-state index in [9.17, 15) is 4.79 Å². The quantitative estimate of drug-likeness (QED) is 0.529. The van der Waals surface area contributed by atoms with Crippen LogP contribution in [-0.4, -0.2) is 20.7 Å². The van der Waals surface area contributed by atoms with Gasteiger partial charge >= 0.3 is 0 Å². The van der Waals surface area contributed by atoms with Gasteiger partial charge in [-0.1, -0.05) is 6.58 Å². The highest BCUT2D eigenvalue weighted by Gasteiger charge is 2.03. The average Bonchev–Trinajstić information content (AvgIpc) is 2.36. The van der Waals surface area contributed by atoms with E-state index in [-0.39, 0.29) is 5.91 Å². The van der Waals surface area contributed by atoms with E-state index < -0.39 is 0 Å². The molecule has 0 fully saturated rings. The van der Waals surface area contributed by atoms with Crippen molar-refractivity contribution in [3.05, 3.63) is 24.8 Å². The van der Waals surface area contributed by atoms with E-state index >= 15 is 0 Å². The van der Waals surface area contributed by atoms with Crippen LogP contribution in [0.3, 0.4) is 0 Å². The third kappa shape index (κ3) is 1.10. The fourth-order valence-corrected chi connectivity index (χ4v) is 0.509. The number of aromatic nitrogens is 3. The minimum Gasteiger partial charge on any atom is -0.267 e. The second kappa shape index (κ2) is 2.43. The first-order valence-corrected chi connectivity index (χ1v) is 2.76. The number of carbonyl (C=O) groups is 1. The van der Waals surface area contributed by atoms with Crippen molar-refractivity contribution in [2.45, 2.75) is 6.92 Å². The molecule has 0 radical (unpaired) electrons. The molecule has 0 spiro atoms. The molecule has 0 N–H and O–H groups in total. The molecule has 1 aromatic rings. The molecule has 0 saturated heterocycles. The number of rotatable bonds is 1. The van der Waals surface area contributed by atoms with E-state index in [1.165, 1.54) is 12.7 Å². The van der Waals surface area contributed by atoms with Gasteiger partial charge in [0.15, 0.2) is 0 Å². The molecular weight excluding hydrogens is 130 g/mol. The Hall–Kier alpha value is -1.45. The Morgan fingerprint density at radius 1 is 1.70 bits per heavy atom. The van der Waals surface area contributed by atoms with Gasteiger partial charge in [-0.2, -0.15) is 9.78 Å². The summed E-state index contributed by atoms with van der Waals surface area (Å²) < 4.78 is 1.14. The van der Waals surface area contributed by atoms with Crippen molar-refractivity contribution < 1.29 is 4.79 Å². The lowest BCUT2D eigenvalue weighted by Gasteiger charge is -1.94. The molecule has 0 aliphatic heterocycles. The highest BCUT2D eigenvalue weighted by atomic mass is 16.2. The van der Waals surface area contributed by atoms with Crippen LogP contribution in [-0.2, 0) is 0 Å². The average molecular weight is 137 g/mol. The van der Waals surface area contributed by atoms with Crippen molar-refractivity contribution in [1.29, 1.82) is 0 Å². The summed E-state index contributed by atoms with van der Waals surface area (Å²) in [5.41, 5.74) is 0.450. The molecule has 52 valence electrons. The van der Waals surface area contributed by atoms with Crippen LogP contribution in [0.1, 0.15) is 11.7 Å². The molecule has 0 amide bonds. The number of nitrogens with zero attached hydrogens (tertiary/aromatic N) is 3. The Bertz CT molecular complexity index is 250. The van der Waals surface area contributed by atoms with Gasteiger partial charge in [-0.05, 0) is 6.92 Å². The molecule has 0 aliphatic carbocycles. The van der Waals surface area contributed by atoms with Crippen LogP contribution in [0.5, 0.6) is 0 Å². The minimum atomic E-state index is -0.225. The van der Waals surface area contributed by atoms with E-state index in [4.69, 9.17) is 0 Å². The molecule has 1 heterocycles. The van der Waals surface area contributed by atoms with Gasteiger partial charge in [0.05, 0.1) is 0 Å². The summed E-state index contributed by atoms with van der Waals surface area (Å²) in [6.45, 7) is 5.10. The lowest BCUT2D eigenvalue weighted by Crippen LogP contribution is -2.11. The standard InChI is InChI=1S/C6H7N3O/c1-5(2)6(10)9-4-7-3-8-9/h3-4H,1H2,2H3. The Morgan fingerprint density at radius 2 is 2.40 bits per heavy atom. The fraction of sp³-hybridized carbons (Fsp3) is 0.167. The lowest BCUT2D eigenvalue weighted by atomic mass is 10.3. The SMILES string of the molecule is C=C(C)C(=O)n1cncn1. The van der Waals surface area contributed by atoms with E-state index in [1.807, 2.05) is 0 Å². The number of hydrogen-bond acceptors (Lipinski definition) is 3. The van der Waals surface area contributed by atoms with Crippen molar-refractivity contribution in [2.75, 3.05) is 0 Å². The predicted molar refractivity (Wildman–Crippen MR) is 35.5 cm³/mol. The third-order valence-electron chi connectivity index (χ3n) is 0.992. The summed E-state index contributed by atoms with van der Waals surface area (Å²) >= 11 is 0. The van der Waals surface area contributed by atoms with Crippen molar-refractivity contribution in [1.82, 2.24) is 14.8 Å². The summed E-state index contributed by atoms with van der Waals surface area (Å²) in [7, 11) is 0. The fourth-order valence-electron chi connectivity index (χ4n) is 0.509.